The summed E-state index contributed by atoms with van der Waals surface area (Å²) in [4.78, 5) is 29.9. The molecule has 0 aliphatic carbocycles. The maximum absolute atomic E-state index is 14.6. The van der Waals surface area contributed by atoms with Gasteiger partial charge in [-0.1, -0.05) is 84.2 Å². The molecular formula is C36H39Cl2N3O5S. The Kier molecular flexibility index (Phi) is 12.3. The second-order valence-corrected chi connectivity index (χ2v) is 14.0. The van der Waals surface area contributed by atoms with Crippen LogP contribution in [0.25, 0.3) is 0 Å². The summed E-state index contributed by atoms with van der Waals surface area (Å²) in [6.45, 7) is 5.09. The first-order valence-corrected chi connectivity index (χ1v) is 17.4. The van der Waals surface area contributed by atoms with Gasteiger partial charge in [-0.15, -0.1) is 0 Å². The number of anilines is 1. The van der Waals surface area contributed by atoms with Gasteiger partial charge in [0.2, 0.25) is 11.8 Å². The van der Waals surface area contributed by atoms with Crippen molar-refractivity contribution in [3.63, 3.8) is 0 Å². The molecule has 0 heterocycles. The summed E-state index contributed by atoms with van der Waals surface area (Å²) >= 11 is 12.8. The van der Waals surface area contributed by atoms with Crippen LogP contribution in [0.5, 0.6) is 5.75 Å². The highest BCUT2D eigenvalue weighted by molar-refractivity contribution is 7.92. The number of hydrogen-bond acceptors (Lipinski definition) is 5. The number of halogens is 2. The van der Waals surface area contributed by atoms with Gasteiger partial charge in [0.15, 0.2) is 0 Å². The lowest BCUT2D eigenvalue weighted by molar-refractivity contribution is -0.140. The molecule has 0 spiro atoms. The summed E-state index contributed by atoms with van der Waals surface area (Å²) in [5.41, 5.74) is 2.61. The molecule has 4 rings (SSSR count). The van der Waals surface area contributed by atoms with Crippen molar-refractivity contribution in [2.24, 2.45) is 0 Å². The molecule has 0 radical (unpaired) electrons. The molecule has 0 fully saturated rings. The lowest BCUT2D eigenvalue weighted by Gasteiger charge is -2.34. The Morgan fingerprint density at radius 3 is 2.17 bits per heavy atom. The number of aryl methyl sites for hydroxylation is 1. The Balaban J connectivity index is 1.82. The molecule has 0 unspecified atom stereocenters. The third kappa shape index (κ3) is 9.28. The highest BCUT2D eigenvalue weighted by Crippen LogP contribution is 2.28. The molecule has 248 valence electrons. The van der Waals surface area contributed by atoms with Crippen molar-refractivity contribution in [2.45, 2.75) is 57.1 Å². The van der Waals surface area contributed by atoms with Crippen LogP contribution in [0.3, 0.4) is 0 Å². The number of carbonyl (C=O) groups is 2. The van der Waals surface area contributed by atoms with Gasteiger partial charge < -0.3 is 15.0 Å². The quantitative estimate of drug-likeness (QED) is 0.152. The van der Waals surface area contributed by atoms with Gasteiger partial charge in [0.25, 0.3) is 10.0 Å². The number of carbonyl (C=O) groups excluding carboxylic acids is 2. The molecule has 2 amide bonds. The van der Waals surface area contributed by atoms with E-state index in [0.29, 0.717) is 33.5 Å². The average Bonchev–Trinajstić information content (AvgIpc) is 3.06. The lowest BCUT2D eigenvalue weighted by atomic mass is 10.0. The summed E-state index contributed by atoms with van der Waals surface area (Å²) < 4.78 is 34.7. The number of ether oxygens (including phenoxy) is 1. The minimum atomic E-state index is -4.25. The van der Waals surface area contributed by atoms with Crippen molar-refractivity contribution in [1.82, 2.24) is 10.2 Å². The van der Waals surface area contributed by atoms with Crippen molar-refractivity contribution in [3.05, 3.63) is 124 Å². The van der Waals surface area contributed by atoms with E-state index in [1.165, 1.54) is 24.1 Å². The van der Waals surface area contributed by atoms with Crippen molar-refractivity contribution < 1.29 is 22.7 Å². The normalized spacial score (nSPS) is 12.6. The number of nitrogens with one attached hydrogen (secondary N) is 1. The van der Waals surface area contributed by atoms with Crippen LogP contribution in [0.1, 0.15) is 37.0 Å². The number of nitrogens with zero attached hydrogens (tertiary/aromatic N) is 2. The maximum atomic E-state index is 14.6. The van der Waals surface area contributed by atoms with Crippen LogP contribution in [0.15, 0.2) is 102 Å². The predicted molar refractivity (Wildman–Crippen MR) is 188 cm³/mol. The van der Waals surface area contributed by atoms with Gasteiger partial charge in [0, 0.05) is 29.1 Å². The zero-order valence-corrected chi connectivity index (χ0v) is 29.1. The van der Waals surface area contributed by atoms with Crippen LogP contribution in [0.2, 0.25) is 10.0 Å². The minimum absolute atomic E-state index is 0.0191. The first-order valence-electron chi connectivity index (χ1n) is 15.2. The van der Waals surface area contributed by atoms with Gasteiger partial charge >= 0.3 is 0 Å². The van der Waals surface area contributed by atoms with Gasteiger partial charge in [0.1, 0.15) is 18.3 Å². The molecule has 0 aliphatic rings. The molecule has 4 aromatic rings. The molecule has 0 saturated heterocycles. The highest BCUT2D eigenvalue weighted by atomic mass is 35.5. The van der Waals surface area contributed by atoms with E-state index >= 15 is 0 Å². The molecule has 0 saturated carbocycles. The number of rotatable bonds is 14. The van der Waals surface area contributed by atoms with E-state index in [-0.39, 0.29) is 29.8 Å². The summed E-state index contributed by atoms with van der Waals surface area (Å²) in [5, 5.41) is 3.76. The van der Waals surface area contributed by atoms with Gasteiger partial charge in [-0.05, 0) is 79.9 Å². The fourth-order valence-electron chi connectivity index (χ4n) is 4.94. The van der Waals surface area contributed by atoms with E-state index < -0.39 is 28.5 Å². The molecule has 47 heavy (non-hydrogen) atoms. The highest BCUT2D eigenvalue weighted by Gasteiger charge is 2.35. The third-order valence-electron chi connectivity index (χ3n) is 7.88. The van der Waals surface area contributed by atoms with Crippen molar-refractivity contribution in [1.29, 1.82) is 0 Å². The molecule has 0 aliphatic heterocycles. The van der Waals surface area contributed by atoms with Crippen molar-refractivity contribution >= 4 is 50.7 Å². The fourth-order valence-corrected chi connectivity index (χ4v) is 6.83. The topological polar surface area (TPSA) is 96.0 Å². The van der Waals surface area contributed by atoms with Crippen LogP contribution >= 0.6 is 23.2 Å². The van der Waals surface area contributed by atoms with Crippen LogP contribution in [-0.2, 0) is 32.6 Å². The van der Waals surface area contributed by atoms with E-state index in [1.807, 2.05) is 51.1 Å². The van der Waals surface area contributed by atoms with Gasteiger partial charge in [0.05, 0.1) is 17.7 Å². The molecular weight excluding hydrogens is 657 g/mol. The third-order valence-corrected chi connectivity index (χ3v) is 10.3. The zero-order valence-electron chi connectivity index (χ0n) is 26.8. The molecule has 1 N–H and O–H groups in total. The second kappa shape index (κ2) is 16.2. The van der Waals surface area contributed by atoms with Gasteiger partial charge in [-0.2, -0.15) is 0 Å². The Morgan fingerprint density at radius 2 is 1.57 bits per heavy atom. The van der Waals surface area contributed by atoms with Crippen LogP contribution in [0, 0.1) is 6.92 Å². The maximum Gasteiger partial charge on any atom is 0.264 e. The minimum Gasteiger partial charge on any atom is -0.497 e. The molecule has 0 aromatic heterocycles. The Bertz CT molecular complexity index is 1770. The predicted octanol–water partition coefficient (Wildman–Crippen LogP) is 7.06. The Hall–Kier alpha value is -4.05. The molecule has 4 aromatic carbocycles. The number of methoxy groups -OCH3 is 1. The summed E-state index contributed by atoms with van der Waals surface area (Å²) in [6.07, 6.45) is 0.873. The molecule has 2 atom stereocenters. The van der Waals surface area contributed by atoms with E-state index in [0.717, 1.165) is 15.4 Å². The van der Waals surface area contributed by atoms with E-state index in [2.05, 4.69) is 5.32 Å². The molecule has 11 heteroatoms. The fraction of sp³-hybridized carbons (Fsp3) is 0.278. The number of hydrogen-bond donors (Lipinski definition) is 1. The SMILES string of the molecule is CC[C@@H](C)NC(=O)[C@@H](Cc1ccccc1)N(Cc1ccc(Cl)cc1Cl)C(=O)CN(c1ccc(C)cc1)S(=O)(=O)c1ccc(OC)cc1. The van der Waals surface area contributed by atoms with E-state index in [1.54, 1.807) is 54.6 Å². The van der Waals surface area contributed by atoms with Gasteiger partial charge in [-0.25, -0.2) is 8.42 Å². The standard InChI is InChI=1S/C36H39Cl2N3O5S/c1-5-26(3)39-36(43)34(21-27-9-7-6-8-10-27)40(23-28-13-14-29(37)22-33(28)38)35(42)24-41(30-15-11-25(2)12-16-30)47(44,45)32-19-17-31(46-4)18-20-32/h6-20,22,26,34H,5,21,23-24H2,1-4H3,(H,39,43)/t26-,34-/m1/s1. The van der Waals surface area contributed by atoms with Crippen LogP contribution < -0.4 is 14.4 Å². The van der Waals surface area contributed by atoms with Gasteiger partial charge in [-0.3, -0.25) is 13.9 Å². The second-order valence-electron chi connectivity index (χ2n) is 11.3. The first-order chi connectivity index (χ1) is 22.4. The Labute approximate surface area is 287 Å². The smallest absolute Gasteiger partial charge is 0.264 e. The summed E-state index contributed by atoms with van der Waals surface area (Å²) in [7, 11) is -2.76. The van der Waals surface area contributed by atoms with Crippen molar-refractivity contribution in [2.75, 3.05) is 18.0 Å². The number of sulfonamides is 1. The summed E-state index contributed by atoms with van der Waals surface area (Å²) in [5.74, 6) is -0.459. The van der Waals surface area contributed by atoms with Crippen LogP contribution in [0.4, 0.5) is 5.69 Å². The largest absolute Gasteiger partial charge is 0.497 e. The molecule has 8 nitrogen and oxygen atoms in total. The van der Waals surface area contributed by atoms with Crippen molar-refractivity contribution in [3.8, 4) is 5.75 Å². The van der Waals surface area contributed by atoms with E-state index in [4.69, 9.17) is 27.9 Å². The number of amides is 2. The zero-order chi connectivity index (χ0) is 34.1. The first kappa shape index (κ1) is 35.8. The lowest BCUT2D eigenvalue weighted by Crippen LogP contribution is -2.54. The molecule has 0 bridgehead atoms. The summed E-state index contributed by atoms with van der Waals surface area (Å²) in [6, 6.07) is 26.0. The number of benzene rings is 4. The Morgan fingerprint density at radius 1 is 0.915 bits per heavy atom. The van der Waals surface area contributed by atoms with Crippen LogP contribution in [-0.4, -0.2) is 50.9 Å². The average molecular weight is 697 g/mol. The monoisotopic (exact) mass is 695 g/mol. The van der Waals surface area contributed by atoms with E-state index in [9.17, 15) is 18.0 Å².